The van der Waals surface area contributed by atoms with Gasteiger partial charge < -0.3 is 5.32 Å². The molecule has 1 N–H and O–H groups in total. The van der Waals surface area contributed by atoms with Crippen LogP contribution in [-0.2, 0) is 16.4 Å². The Kier molecular flexibility index (Phi) is 4.31. The molecule has 2 heterocycles. The van der Waals surface area contributed by atoms with Crippen molar-refractivity contribution in [2.75, 3.05) is 25.9 Å². The minimum Gasteiger partial charge on any atom is -0.315 e. The van der Waals surface area contributed by atoms with Crippen molar-refractivity contribution < 1.29 is 8.42 Å². The van der Waals surface area contributed by atoms with E-state index in [4.69, 9.17) is 0 Å². The summed E-state index contributed by atoms with van der Waals surface area (Å²) in [6, 6.07) is 3.81. The molecule has 1 fully saturated rings. The van der Waals surface area contributed by atoms with Gasteiger partial charge in [0, 0.05) is 32.0 Å². The van der Waals surface area contributed by atoms with Crippen molar-refractivity contribution in [1.82, 2.24) is 14.6 Å². The Balaban J connectivity index is 1.94. The number of hydrogen-bond donors (Lipinski definition) is 1. The van der Waals surface area contributed by atoms with Gasteiger partial charge >= 0.3 is 0 Å². The quantitative estimate of drug-likeness (QED) is 0.832. The van der Waals surface area contributed by atoms with E-state index in [-0.39, 0.29) is 11.8 Å². The SMILES string of the molecule is CN(C1CCNC1)S(=O)(=O)CCc1ccncc1. The lowest BCUT2D eigenvalue weighted by Crippen LogP contribution is -2.40. The summed E-state index contributed by atoms with van der Waals surface area (Å²) in [5.74, 6) is 0.157. The maximum absolute atomic E-state index is 12.2. The van der Waals surface area contributed by atoms with E-state index in [1.807, 2.05) is 12.1 Å². The first kappa shape index (κ1) is 13.5. The van der Waals surface area contributed by atoms with E-state index in [1.54, 1.807) is 19.4 Å². The molecule has 0 aromatic carbocycles. The average molecular weight is 269 g/mol. The Morgan fingerprint density at radius 3 is 2.78 bits per heavy atom. The molecule has 0 amide bonds. The van der Waals surface area contributed by atoms with Gasteiger partial charge in [-0.2, -0.15) is 0 Å². The van der Waals surface area contributed by atoms with Gasteiger partial charge in [-0.1, -0.05) is 0 Å². The fraction of sp³-hybridized carbons (Fsp3) is 0.583. The van der Waals surface area contributed by atoms with Crippen molar-refractivity contribution in [2.24, 2.45) is 0 Å². The second-order valence-electron chi connectivity index (χ2n) is 4.58. The Morgan fingerprint density at radius 2 is 2.17 bits per heavy atom. The molecule has 18 heavy (non-hydrogen) atoms. The summed E-state index contributed by atoms with van der Waals surface area (Å²) in [6.45, 7) is 1.65. The molecule has 6 heteroatoms. The number of likely N-dealkylation sites (N-methyl/N-ethyl adjacent to an activating group) is 1. The van der Waals surface area contributed by atoms with Crippen LogP contribution >= 0.6 is 0 Å². The molecule has 0 bridgehead atoms. The van der Waals surface area contributed by atoms with Gasteiger partial charge in [0.15, 0.2) is 0 Å². The number of hydrogen-bond acceptors (Lipinski definition) is 4. The molecule has 5 nitrogen and oxygen atoms in total. The summed E-state index contributed by atoms with van der Waals surface area (Å²) in [5.41, 5.74) is 1.01. The van der Waals surface area contributed by atoms with Crippen LogP contribution in [0.1, 0.15) is 12.0 Å². The molecule has 0 saturated carbocycles. The van der Waals surface area contributed by atoms with Gasteiger partial charge in [-0.15, -0.1) is 0 Å². The van der Waals surface area contributed by atoms with E-state index in [0.717, 1.165) is 25.1 Å². The second kappa shape index (κ2) is 5.77. The lowest BCUT2D eigenvalue weighted by Gasteiger charge is -2.23. The Labute approximate surface area is 108 Å². The van der Waals surface area contributed by atoms with Crippen molar-refractivity contribution in [2.45, 2.75) is 18.9 Å². The number of pyridine rings is 1. The zero-order valence-corrected chi connectivity index (χ0v) is 11.4. The van der Waals surface area contributed by atoms with E-state index in [2.05, 4.69) is 10.3 Å². The first-order valence-corrected chi connectivity index (χ1v) is 7.76. The Morgan fingerprint density at radius 1 is 1.44 bits per heavy atom. The molecule has 1 unspecified atom stereocenters. The van der Waals surface area contributed by atoms with Crippen LogP contribution in [0.4, 0.5) is 0 Å². The van der Waals surface area contributed by atoms with Gasteiger partial charge in [0.2, 0.25) is 10.0 Å². The third-order valence-electron chi connectivity index (χ3n) is 3.39. The first-order chi connectivity index (χ1) is 8.59. The van der Waals surface area contributed by atoms with Crippen molar-refractivity contribution in [1.29, 1.82) is 0 Å². The van der Waals surface area contributed by atoms with Gasteiger partial charge in [-0.3, -0.25) is 4.98 Å². The van der Waals surface area contributed by atoms with Crippen LogP contribution in [0.5, 0.6) is 0 Å². The monoisotopic (exact) mass is 269 g/mol. The third-order valence-corrected chi connectivity index (χ3v) is 5.28. The highest BCUT2D eigenvalue weighted by atomic mass is 32.2. The molecule has 0 spiro atoms. The maximum atomic E-state index is 12.2. The molecule has 0 aliphatic carbocycles. The Bertz CT molecular complexity index is 469. The van der Waals surface area contributed by atoms with Gasteiger partial charge in [0.1, 0.15) is 0 Å². The van der Waals surface area contributed by atoms with Gasteiger partial charge in [0.05, 0.1) is 5.75 Å². The van der Waals surface area contributed by atoms with Gasteiger partial charge in [-0.05, 0) is 37.1 Å². The van der Waals surface area contributed by atoms with E-state index in [0.29, 0.717) is 6.42 Å². The van der Waals surface area contributed by atoms with Crippen LogP contribution in [0, 0.1) is 0 Å². The number of rotatable bonds is 5. The van der Waals surface area contributed by atoms with Crippen molar-refractivity contribution in [3.8, 4) is 0 Å². The molecule has 1 atom stereocenters. The van der Waals surface area contributed by atoms with Crippen LogP contribution in [-0.4, -0.2) is 49.6 Å². The van der Waals surface area contributed by atoms with E-state index in [1.165, 1.54) is 4.31 Å². The summed E-state index contributed by atoms with van der Waals surface area (Å²) < 4.78 is 25.9. The Hall–Kier alpha value is -0.980. The molecule has 1 aromatic heterocycles. The minimum atomic E-state index is -3.17. The molecule has 0 radical (unpaired) electrons. The van der Waals surface area contributed by atoms with Crippen LogP contribution < -0.4 is 5.32 Å². The molecule has 1 saturated heterocycles. The zero-order chi connectivity index (χ0) is 13.0. The topological polar surface area (TPSA) is 62.3 Å². The van der Waals surface area contributed by atoms with Crippen molar-refractivity contribution >= 4 is 10.0 Å². The van der Waals surface area contributed by atoms with Crippen LogP contribution in [0.15, 0.2) is 24.5 Å². The lowest BCUT2D eigenvalue weighted by molar-refractivity contribution is 0.387. The molecule has 1 aliphatic rings. The van der Waals surface area contributed by atoms with Crippen molar-refractivity contribution in [3.63, 3.8) is 0 Å². The minimum absolute atomic E-state index is 0.104. The zero-order valence-electron chi connectivity index (χ0n) is 10.5. The standard InChI is InChI=1S/C12H19N3O2S/c1-15(12-4-8-14-10-12)18(16,17)9-5-11-2-6-13-7-3-11/h2-3,6-7,12,14H,4-5,8-10H2,1H3. The normalized spacial score (nSPS) is 20.4. The van der Waals surface area contributed by atoms with Crippen LogP contribution in [0.25, 0.3) is 0 Å². The number of nitrogens with one attached hydrogen (secondary N) is 1. The number of nitrogens with zero attached hydrogens (tertiary/aromatic N) is 2. The summed E-state index contributed by atoms with van der Waals surface area (Å²) in [7, 11) is -1.49. The number of aromatic nitrogens is 1. The van der Waals surface area contributed by atoms with Gasteiger partial charge in [-0.25, -0.2) is 12.7 Å². The number of sulfonamides is 1. The molecular weight excluding hydrogens is 250 g/mol. The third kappa shape index (κ3) is 3.28. The second-order valence-corrected chi connectivity index (χ2v) is 6.73. The lowest BCUT2D eigenvalue weighted by atomic mass is 10.2. The molecular formula is C12H19N3O2S. The van der Waals surface area contributed by atoms with E-state index < -0.39 is 10.0 Å². The highest BCUT2D eigenvalue weighted by Crippen LogP contribution is 2.12. The number of aryl methyl sites for hydroxylation is 1. The largest absolute Gasteiger partial charge is 0.315 e. The molecule has 100 valence electrons. The van der Waals surface area contributed by atoms with E-state index in [9.17, 15) is 8.42 Å². The smallest absolute Gasteiger partial charge is 0.214 e. The predicted octanol–water partition coefficient (Wildman–Crippen LogP) is 0.248. The first-order valence-electron chi connectivity index (χ1n) is 6.15. The highest BCUT2D eigenvalue weighted by molar-refractivity contribution is 7.89. The average Bonchev–Trinajstić information content (AvgIpc) is 2.90. The molecule has 1 aliphatic heterocycles. The summed E-state index contributed by atoms with van der Waals surface area (Å²) in [6.07, 6.45) is 4.81. The summed E-state index contributed by atoms with van der Waals surface area (Å²) >= 11 is 0. The summed E-state index contributed by atoms with van der Waals surface area (Å²) in [4.78, 5) is 3.92. The summed E-state index contributed by atoms with van der Waals surface area (Å²) in [5, 5.41) is 3.18. The maximum Gasteiger partial charge on any atom is 0.214 e. The predicted molar refractivity (Wildman–Crippen MR) is 70.8 cm³/mol. The van der Waals surface area contributed by atoms with Gasteiger partial charge in [0.25, 0.3) is 0 Å². The molecule has 1 aromatic rings. The van der Waals surface area contributed by atoms with Crippen molar-refractivity contribution in [3.05, 3.63) is 30.1 Å². The fourth-order valence-corrected chi connectivity index (χ4v) is 3.53. The van der Waals surface area contributed by atoms with Crippen LogP contribution in [0.3, 0.4) is 0 Å². The highest BCUT2D eigenvalue weighted by Gasteiger charge is 2.28. The molecule has 2 rings (SSSR count). The van der Waals surface area contributed by atoms with Crippen LogP contribution in [0.2, 0.25) is 0 Å². The van der Waals surface area contributed by atoms with E-state index >= 15 is 0 Å². The fourth-order valence-electron chi connectivity index (χ4n) is 2.12.